The number of aromatic nitrogens is 2. The standard InChI is InChI=1S/C11H9BrFN5O2/c12-8-2-1-5(13)3-6(8)11(19)16-10-7(4-15-17-10)9(14)18-20/h1-4,20H,(H2,14,18)(H2,15,16,17,19). The van der Waals surface area contributed by atoms with Crippen molar-refractivity contribution in [3.63, 3.8) is 0 Å². The van der Waals surface area contributed by atoms with E-state index in [2.05, 4.69) is 36.6 Å². The van der Waals surface area contributed by atoms with Gasteiger partial charge >= 0.3 is 0 Å². The average molecular weight is 342 g/mol. The number of hydrogen-bond acceptors (Lipinski definition) is 4. The van der Waals surface area contributed by atoms with Crippen molar-refractivity contribution in [2.24, 2.45) is 10.9 Å². The van der Waals surface area contributed by atoms with E-state index in [1.807, 2.05) is 0 Å². The number of aromatic amines is 1. The van der Waals surface area contributed by atoms with Crippen LogP contribution >= 0.6 is 15.9 Å². The highest BCUT2D eigenvalue weighted by Gasteiger charge is 2.16. The SMILES string of the molecule is NC(=NO)c1cn[nH]c1NC(=O)c1cc(F)ccc1Br. The van der Waals surface area contributed by atoms with Crippen molar-refractivity contribution >= 4 is 33.5 Å². The molecule has 0 spiro atoms. The molecule has 1 heterocycles. The van der Waals surface area contributed by atoms with E-state index in [0.29, 0.717) is 4.47 Å². The van der Waals surface area contributed by atoms with E-state index in [-0.39, 0.29) is 22.8 Å². The third-order valence-electron chi connectivity index (χ3n) is 2.43. The van der Waals surface area contributed by atoms with Gasteiger partial charge < -0.3 is 16.3 Å². The molecule has 2 rings (SSSR count). The first-order valence-corrected chi connectivity index (χ1v) is 6.10. The molecule has 2 aromatic rings. The van der Waals surface area contributed by atoms with Gasteiger partial charge in [0.1, 0.15) is 11.6 Å². The number of nitrogens with two attached hydrogens (primary N) is 1. The summed E-state index contributed by atoms with van der Waals surface area (Å²) in [4.78, 5) is 12.0. The maximum Gasteiger partial charge on any atom is 0.258 e. The molecule has 0 saturated carbocycles. The van der Waals surface area contributed by atoms with Gasteiger partial charge in [0.2, 0.25) is 0 Å². The molecule has 1 amide bonds. The number of nitrogens with zero attached hydrogens (tertiary/aromatic N) is 2. The largest absolute Gasteiger partial charge is 0.409 e. The van der Waals surface area contributed by atoms with Crippen LogP contribution in [0.15, 0.2) is 34.0 Å². The van der Waals surface area contributed by atoms with Gasteiger partial charge in [-0.3, -0.25) is 9.89 Å². The number of H-pyrrole nitrogens is 1. The zero-order valence-corrected chi connectivity index (χ0v) is 11.5. The minimum Gasteiger partial charge on any atom is -0.409 e. The Labute approximate surface area is 120 Å². The van der Waals surface area contributed by atoms with Crippen molar-refractivity contribution in [3.05, 3.63) is 45.8 Å². The van der Waals surface area contributed by atoms with Gasteiger partial charge in [-0.25, -0.2) is 4.39 Å². The summed E-state index contributed by atoms with van der Waals surface area (Å²) in [6.45, 7) is 0. The molecule has 20 heavy (non-hydrogen) atoms. The van der Waals surface area contributed by atoms with Crippen LogP contribution in [0.4, 0.5) is 10.2 Å². The van der Waals surface area contributed by atoms with E-state index in [0.717, 1.165) is 6.07 Å². The molecule has 0 radical (unpaired) electrons. The van der Waals surface area contributed by atoms with Crippen LogP contribution in [-0.4, -0.2) is 27.1 Å². The summed E-state index contributed by atoms with van der Waals surface area (Å²) in [5.74, 6) is -1.19. The average Bonchev–Trinajstić information content (AvgIpc) is 2.88. The number of halogens is 2. The van der Waals surface area contributed by atoms with E-state index in [9.17, 15) is 9.18 Å². The summed E-state index contributed by atoms with van der Waals surface area (Å²) >= 11 is 3.15. The van der Waals surface area contributed by atoms with Gasteiger partial charge in [-0.05, 0) is 34.1 Å². The third-order valence-corrected chi connectivity index (χ3v) is 3.13. The molecule has 0 aliphatic heterocycles. The number of amidine groups is 1. The summed E-state index contributed by atoms with van der Waals surface area (Å²) in [5.41, 5.74) is 5.75. The van der Waals surface area contributed by atoms with Crippen molar-refractivity contribution in [1.29, 1.82) is 0 Å². The fraction of sp³-hybridized carbons (Fsp3) is 0. The zero-order valence-electron chi connectivity index (χ0n) is 9.89. The molecule has 0 saturated heterocycles. The minimum atomic E-state index is -0.576. The van der Waals surface area contributed by atoms with E-state index in [1.165, 1.54) is 18.3 Å². The van der Waals surface area contributed by atoms with Crippen molar-refractivity contribution in [3.8, 4) is 0 Å². The Kier molecular flexibility index (Phi) is 3.99. The molecule has 1 aromatic carbocycles. The summed E-state index contributed by atoms with van der Waals surface area (Å²) in [7, 11) is 0. The first kappa shape index (κ1) is 14.0. The molecular formula is C11H9BrFN5O2. The Bertz CT molecular complexity index is 685. The number of nitrogens with one attached hydrogen (secondary N) is 2. The number of oxime groups is 1. The van der Waals surface area contributed by atoms with E-state index in [1.54, 1.807) is 0 Å². The number of anilines is 1. The first-order valence-electron chi connectivity index (χ1n) is 5.30. The fourth-order valence-corrected chi connectivity index (χ4v) is 1.91. The summed E-state index contributed by atoms with van der Waals surface area (Å²) in [6.07, 6.45) is 1.28. The molecule has 9 heteroatoms. The number of amides is 1. The second-order valence-electron chi connectivity index (χ2n) is 3.72. The minimum absolute atomic E-state index is 0.102. The lowest BCUT2D eigenvalue weighted by Gasteiger charge is -2.06. The summed E-state index contributed by atoms with van der Waals surface area (Å²) in [6, 6.07) is 3.72. The molecular weight excluding hydrogens is 333 g/mol. The maximum absolute atomic E-state index is 13.2. The van der Waals surface area contributed by atoms with Gasteiger partial charge in [-0.15, -0.1) is 0 Å². The second-order valence-corrected chi connectivity index (χ2v) is 4.58. The highest BCUT2D eigenvalue weighted by Crippen LogP contribution is 2.20. The van der Waals surface area contributed by atoms with Crippen LogP contribution in [0.1, 0.15) is 15.9 Å². The number of carbonyl (C=O) groups is 1. The monoisotopic (exact) mass is 341 g/mol. The molecule has 104 valence electrons. The van der Waals surface area contributed by atoms with Gasteiger partial charge in [0.15, 0.2) is 5.84 Å². The predicted molar refractivity (Wildman–Crippen MR) is 73.2 cm³/mol. The van der Waals surface area contributed by atoms with Crippen molar-refractivity contribution < 1.29 is 14.4 Å². The van der Waals surface area contributed by atoms with E-state index >= 15 is 0 Å². The summed E-state index contributed by atoms with van der Waals surface area (Å²) < 4.78 is 13.6. The molecule has 0 fully saturated rings. The molecule has 0 bridgehead atoms. The molecule has 0 aliphatic rings. The molecule has 1 aromatic heterocycles. The fourth-order valence-electron chi connectivity index (χ4n) is 1.48. The molecule has 0 atom stereocenters. The Balaban J connectivity index is 2.29. The van der Waals surface area contributed by atoms with Gasteiger partial charge in [-0.2, -0.15) is 5.10 Å². The van der Waals surface area contributed by atoms with Crippen LogP contribution in [0.2, 0.25) is 0 Å². The van der Waals surface area contributed by atoms with Crippen LogP contribution < -0.4 is 11.1 Å². The van der Waals surface area contributed by atoms with Crippen LogP contribution in [0.25, 0.3) is 0 Å². The number of rotatable bonds is 3. The van der Waals surface area contributed by atoms with Crippen LogP contribution in [0.5, 0.6) is 0 Å². The lowest BCUT2D eigenvalue weighted by molar-refractivity contribution is 0.102. The Hall–Kier alpha value is -2.42. The third kappa shape index (κ3) is 2.77. The zero-order chi connectivity index (χ0) is 14.7. The lowest BCUT2D eigenvalue weighted by atomic mass is 10.2. The Morgan fingerprint density at radius 2 is 2.25 bits per heavy atom. The van der Waals surface area contributed by atoms with Crippen LogP contribution in [-0.2, 0) is 0 Å². The van der Waals surface area contributed by atoms with Gasteiger partial charge in [0, 0.05) is 4.47 Å². The topological polar surface area (TPSA) is 116 Å². The second kappa shape index (κ2) is 5.70. The van der Waals surface area contributed by atoms with Gasteiger partial charge in [0.05, 0.1) is 17.3 Å². The van der Waals surface area contributed by atoms with Crippen molar-refractivity contribution in [2.75, 3.05) is 5.32 Å². The van der Waals surface area contributed by atoms with Crippen LogP contribution in [0.3, 0.4) is 0 Å². The highest BCUT2D eigenvalue weighted by atomic mass is 79.9. The molecule has 7 nitrogen and oxygen atoms in total. The van der Waals surface area contributed by atoms with Crippen molar-refractivity contribution in [2.45, 2.75) is 0 Å². The highest BCUT2D eigenvalue weighted by molar-refractivity contribution is 9.10. The van der Waals surface area contributed by atoms with Crippen LogP contribution in [0, 0.1) is 5.82 Å². The smallest absolute Gasteiger partial charge is 0.258 e. The predicted octanol–water partition coefficient (Wildman–Crippen LogP) is 1.66. The number of carbonyl (C=O) groups excluding carboxylic acids is 1. The molecule has 5 N–H and O–H groups in total. The van der Waals surface area contributed by atoms with E-state index in [4.69, 9.17) is 10.9 Å². The van der Waals surface area contributed by atoms with Gasteiger partial charge in [-0.1, -0.05) is 5.16 Å². The normalized spacial score (nSPS) is 11.4. The summed E-state index contributed by atoms with van der Waals surface area (Å²) in [5, 5.41) is 20.1. The van der Waals surface area contributed by atoms with E-state index < -0.39 is 11.7 Å². The number of benzene rings is 1. The van der Waals surface area contributed by atoms with Gasteiger partial charge in [0.25, 0.3) is 5.91 Å². The Morgan fingerprint density at radius 3 is 2.95 bits per heavy atom. The number of hydrogen-bond donors (Lipinski definition) is 4. The Morgan fingerprint density at radius 1 is 1.50 bits per heavy atom. The molecule has 0 unspecified atom stereocenters. The first-order chi connectivity index (χ1) is 9.52. The van der Waals surface area contributed by atoms with Crippen molar-refractivity contribution in [1.82, 2.24) is 10.2 Å². The lowest BCUT2D eigenvalue weighted by Crippen LogP contribution is -2.18. The maximum atomic E-state index is 13.2. The molecule has 0 aliphatic carbocycles. The quantitative estimate of drug-likeness (QED) is 0.294.